The third-order valence-electron chi connectivity index (χ3n) is 2.58. The average molecular weight is 443 g/mol. The van der Waals surface area contributed by atoms with Crippen LogP contribution in [0, 0.1) is 0 Å². The number of aliphatic imine (C=N–C) groups is 1. The van der Waals surface area contributed by atoms with Gasteiger partial charge in [-0.15, -0.1) is 35.3 Å². The molecule has 0 saturated carbocycles. The van der Waals surface area contributed by atoms with Crippen LogP contribution in [-0.4, -0.2) is 33.8 Å². The van der Waals surface area contributed by atoms with E-state index in [4.69, 9.17) is 0 Å². The van der Waals surface area contributed by atoms with E-state index in [-0.39, 0.29) is 28.7 Å². The summed E-state index contributed by atoms with van der Waals surface area (Å²) in [5, 5.41) is 8.49. The second-order valence-electron chi connectivity index (χ2n) is 5.36. The van der Waals surface area contributed by atoms with E-state index in [1.807, 2.05) is 33.8 Å². The van der Waals surface area contributed by atoms with Crippen LogP contribution in [0.4, 0.5) is 0 Å². The molecule has 0 fully saturated rings. The van der Waals surface area contributed by atoms with Gasteiger partial charge in [0.1, 0.15) is 0 Å². The largest absolute Gasteiger partial charge is 0.357 e. The van der Waals surface area contributed by atoms with Crippen molar-refractivity contribution in [1.29, 1.82) is 0 Å². The number of nitrogens with zero attached hydrogens (tertiary/aromatic N) is 1. The minimum Gasteiger partial charge on any atom is -0.357 e. The van der Waals surface area contributed by atoms with E-state index in [0.29, 0.717) is 18.8 Å². The quantitative estimate of drug-likeness (QED) is 0.404. The number of nitrogens with one attached hydrogen (secondary N) is 2. The van der Waals surface area contributed by atoms with Crippen LogP contribution in [0.2, 0.25) is 0 Å². The lowest BCUT2D eigenvalue weighted by Crippen LogP contribution is -2.40. The molecule has 0 radical (unpaired) electrons. The maximum Gasteiger partial charge on any atom is 0.191 e. The molecule has 122 valence electrons. The van der Waals surface area contributed by atoms with Crippen molar-refractivity contribution in [2.45, 2.75) is 39.0 Å². The van der Waals surface area contributed by atoms with Crippen LogP contribution in [0.15, 0.2) is 22.5 Å². The summed E-state index contributed by atoms with van der Waals surface area (Å²) in [6.45, 7) is 10.2. The second-order valence-corrected chi connectivity index (χ2v) is 8.72. The maximum absolute atomic E-state index is 12.0. The first-order chi connectivity index (χ1) is 9.43. The highest BCUT2D eigenvalue weighted by molar-refractivity contribution is 14.0. The first-order valence-corrected chi connectivity index (χ1v) is 9.06. The van der Waals surface area contributed by atoms with Gasteiger partial charge in [0.05, 0.1) is 6.54 Å². The lowest BCUT2D eigenvalue weighted by molar-refractivity contribution is 0.647. The van der Waals surface area contributed by atoms with Gasteiger partial charge >= 0.3 is 0 Å². The van der Waals surface area contributed by atoms with Gasteiger partial charge in [-0.3, -0.25) is 4.21 Å². The summed E-state index contributed by atoms with van der Waals surface area (Å²) in [5.74, 6) is 1.42. The van der Waals surface area contributed by atoms with Gasteiger partial charge < -0.3 is 10.6 Å². The smallest absolute Gasteiger partial charge is 0.191 e. The summed E-state index contributed by atoms with van der Waals surface area (Å²) in [6.07, 6.45) is 0. The molecular weight excluding hydrogens is 417 g/mol. The van der Waals surface area contributed by atoms with Crippen molar-refractivity contribution in [3.05, 3.63) is 22.4 Å². The third kappa shape index (κ3) is 8.77. The molecule has 1 aromatic heterocycles. The van der Waals surface area contributed by atoms with Crippen molar-refractivity contribution < 1.29 is 4.21 Å². The molecule has 1 aromatic rings. The molecule has 0 aliphatic carbocycles. The topological polar surface area (TPSA) is 53.5 Å². The van der Waals surface area contributed by atoms with Crippen LogP contribution in [0.25, 0.3) is 0 Å². The monoisotopic (exact) mass is 443 g/mol. The Labute approximate surface area is 151 Å². The number of hydrogen-bond donors (Lipinski definition) is 2. The molecule has 0 aromatic carbocycles. The Hall–Kier alpha value is -0.150. The highest BCUT2D eigenvalue weighted by Crippen LogP contribution is 2.10. The zero-order valence-corrected chi connectivity index (χ0v) is 17.1. The third-order valence-corrected chi connectivity index (χ3v) is 5.38. The molecule has 0 saturated heterocycles. The zero-order valence-electron chi connectivity index (χ0n) is 13.1. The Kier molecular flexibility index (Phi) is 10.5. The van der Waals surface area contributed by atoms with Gasteiger partial charge in [0, 0.05) is 39.3 Å². The van der Waals surface area contributed by atoms with Gasteiger partial charge in [0.25, 0.3) is 0 Å². The average Bonchev–Trinajstić information content (AvgIpc) is 2.87. The molecular formula is C14H26IN3OS2. The van der Waals surface area contributed by atoms with Crippen LogP contribution in [0.3, 0.4) is 0 Å². The van der Waals surface area contributed by atoms with Gasteiger partial charge in [0.2, 0.25) is 0 Å². The highest BCUT2D eigenvalue weighted by atomic mass is 127. The standard InChI is InChI=1S/C14H25N3OS2.HI/c1-5-15-13(17-11-12-7-6-9-19-12)16-8-10-20(18)14(2,3)4;/h6-7,9H,5,8,10-11H2,1-4H3,(H2,15,16,17);1H. The van der Waals surface area contributed by atoms with E-state index in [1.54, 1.807) is 11.3 Å². The van der Waals surface area contributed by atoms with Crippen LogP contribution in [0.5, 0.6) is 0 Å². The van der Waals surface area contributed by atoms with E-state index in [2.05, 4.69) is 27.1 Å². The van der Waals surface area contributed by atoms with Crippen molar-refractivity contribution in [2.24, 2.45) is 4.99 Å². The predicted octanol–water partition coefficient (Wildman–Crippen LogP) is 2.97. The number of guanidine groups is 1. The Balaban J connectivity index is 0.00000400. The molecule has 1 unspecified atom stereocenters. The second kappa shape index (κ2) is 10.6. The fourth-order valence-electron chi connectivity index (χ4n) is 1.47. The fraction of sp³-hybridized carbons (Fsp3) is 0.643. The van der Waals surface area contributed by atoms with Crippen molar-refractivity contribution in [2.75, 3.05) is 18.8 Å². The summed E-state index contributed by atoms with van der Waals surface area (Å²) >= 11 is 1.70. The molecule has 21 heavy (non-hydrogen) atoms. The van der Waals surface area contributed by atoms with Gasteiger partial charge in [-0.2, -0.15) is 0 Å². The SMILES string of the molecule is CCNC(=NCc1cccs1)NCCS(=O)C(C)(C)C.I. The first-order valence-electron chi connectivity index (χ1n) is 6.86. The molecule has 7 heteroatoms. The van der Waals surface area contributed by atoms with Crippen LogP contribution >= 0.6 is 35.3 Å². The van der Waals surface area contributed by atoms with Crippen LogP contribution in [0.1, 0.15) is 32.6 Å². The molecule has 1 rings (SSSR count). The lowest BCUT2D eigenvalue weighted by Gasteiger charge is -2.18. The number of rotatable bonds is 6. The van der Waals surface area contributed by atoms with E-state index in [9.17, 15) is 4.21 Å². The van der Waals surface area contributed by atoms with E-state index < -0.39 is 10.8 Å². The highest BCUT2D eigenvalue weighted by Gasteiger charge is 2.18. The van der Waals surface area contributed by atoms with Crippen LogP contribution < -0.4 is 10.6 Å². The van der Waals surface area contributed by atoms with Gasteiger partial charge in [-0.25, -0.2) is 4.99 Å². The van der Waals surface area contributed by atoms with Crippen LogP contribution in [-0.2, 0) is 17.3 Å². The Bertz CT molecular complexity index is 442. The summed E-state index contributed by atoms with van der Waals surface area (Å²) in [4.78, 5) is 5.76. The number of hydrogen-bond acceptors (Lipinski definition) is 3. The Morgan fingerprint density at radius 1 is 1.38 bits per heavy atom. The molecule has 0 amide bonds. The van der Waals surface area contributed by atoms with Gasteiger partial charge in [-0.1, -0.05) is 6.07 Å². The molecule has 1 heterocycles. The van der Waals surface area contributed by atoms with Gasteiger partial charge in [-0.05, 0) is 39.1 Å². The summed E-state index contributed by atoms with van der Waals surface area (Å²) in [6, 6.07) is 4.11. The molecule has 0 aliphatic heterocycles. The minimum absolute atomic E-state index is 0. The summed E-state index contributed by atoms with van der Waals surface area (Å²) in [5.41, 5.74) is 0. The molecule has 1 atom stereocenters. The zero-order chi connectivity index (χ0) is 15.0. The van der Waals surface area contributed by atoms with Gasteiger partial charge in [0.15, 0.2) is 5.96 Å². The predicted molar refractivity (Wildman–Crippen MR) is 105 cm³/mol. The summed E-state index contributed by atoms with van der Waals surface area (Å²) in [7, 11) is -0.834. The normalized spacial score (nSPS) is 13.4. The van der Waals surface area contributed by atoms with Crippen molar-refractivity contribution in [3.63, 3.8) is 0 Å². The van der Waals surface area contributed by atoms with E-state index >= 15 is 0 Å². The Morgan fingerprint density at radius 3 is 2.62 bits per heavy atom. The Morgan fingerprint density at radius 2 is 2.10 bits per heavy atom. The van der Waals surface area contributed by atoms with Crippen molar-refractivity contribution in [3.8, 4) is 0 Å². The molecule has 0 spiro atoms. The van der Waals surface area contributed by atoms with E-state index in [1.165, 1.54) is 4.88 Å². The lowest BCUT2D eigenvalue weighted by atomic mass is 10.3. The van der Waals surface area contributed by atoms with Crippen molar-refractivity contribution in [1.82, 2.24) is 10.6 Å². The van der Waals surface area contributed by atoms with E-state index in [0.717, 1.165) is 12.5 Å². The molecule has 0 aliphatic rings. The first kappa shape index (κ1) is 20.9. The molecule has 2 N–H and O–H groups in total. The number of halogens is 1. The minimum atomic E-state index is -0.834. The molecule has 0 bridgehead atoms. The summed E-state index contributed by atoms with van der Waals surface area (Å²) < 4.78 is 11.8. The fourth-order valence-corrected chi connectivity index (χ4v) is 3.00. The van der Waals surface area contributed by atoms with Crippen molar-refractivity contribution >= 4 is 52.1 Å². The molecule has 4 nitrogen and oxygen atoms in total. The maximum atomic E-state index is 12.0. The number of thiophene rings is 1.